The van der Waals surface area contributed by atoms with Crippen molar-refractivity contribution >= 4 is 17.4 Å². The largest absolute Gasteiger partial charge is 0.507 e. The van der Waals surface area contributed by atoms with Crippen LogP contribution in [-0.4, -0.2) is 26.7 Å². The van der Waals surface area contributed by atoms with Gasteiger partial charge in [0.05, 0.1) is 23.9 Å². The number of nitrogens with zero attached hydrogens (tertiary/aromatic N) is 2. The summed E-state index contributed by atoms with van der Waals surface area (Å²) in [5.74, 6) is -2.29. The number of aliphatic hydroxyl groups excluding tert-OH is 1. The smallest absolute Gasteiger partial charge is 0.296 e. The Kier molecular flexibility index (Phi) is 4.91. The first-order valence-corrected chi connectivity index (χ1v) is 9.05. The van der Waals surface area contributed by atoms with Crippen molar-refractivity contribution in [1.29, 1.82) is 0 Å². The van der Waals surface area contributed by atoms with E-state index in [1.54, 1.807) is 48.7 Å². The molecule has 0 spiro atoms. The molecule has 1 fully saturated rings. The number of ketones is 1. The number of carbonyl (C=O) groups excluding carboxylic acids is 2. The van der Waals surface area contributed by atoms with Crippen LogP contribution in [0.25, 0.3) is 5.76 Å². The van der Waals surface area contributed by atoms with Gasteiger partial charge in [-0.25, -0.2) is 4.39 Å². The average molecular weight is 388 g/mol. The standard InChI is InChI=1S/C23H17FN2O3/c24-17-11-9-16(10-12-17)21(27)19-20(15-6-2-1-3-7-15)26(23(29)22(19)28)14-18-8-4-5-13-25-18/h1-13,20,27H,14H2/b21-19+. The van der Waals surface area contributed by atoms with E-state index in [-0.39, 0.29) is 23.4 Å². The van der Waals surface area contributed by atoms with Crippen LogP contribution >= 0.6 is 0 Å². The molecule has 1 amide bonds. The minimum Gasteiger partial charge on any atom is -0.507 e. The molecule has 1 aromatic heterocycles. The molecule has 1 atom stereocenters. The van der Waals surface area contributed by atoms with E-state index in [0.717, 1.165) is 0 Å². The second-order valence-electron chi connectivity index (χ2n) is 6.67. The Balaban J connectivity index is 1.85. The molecule has 0 radical (unpaired) electrons. The molecule has 0 saturated carbocycles. The summed E-state index contributed by atoms with van der Waals surface area (Å²) in [6, 6.07) is 18.7. The SMILES string of the molecule is O=C1C(=O)N(Cc2ccccn2)C(c2ccccc2)/C1=C(\O)c1ccc(F)cc1. The molecule has 1 aliphatic rings. The average Bonchev–Trinajstić information content (AvgIpc) is 3.00. The maximum absolute atomic E-state index is 13.3. The zero-order chi connectivity index (χ0) is 20.4. The molecule has 2 heterocycles. The Hall–Kier alpha value is -3.80. The van der Waals surface area contributed by atoms with Gasteiger partial charge >= 0.3 is 0 Å². The number of aliphatic hydroxyl groups is 1. The molecule has 0 bridgehead atoms. The lowest BCUT2D eigenvalue weighted by Crippen LogP contribution is -2.29. The van der Waals surface area contributed by atoms with Crippen molar-refractivity contribution in [2.75, 3.05) is 0 Å². The molecule has 3 aromatic rings. The monoisotopic (exact) mass is 388 g/mol. The molecule has 1 unspecified atom stereocenters. The first kappa shape index (κ1) is 18.6. The van der Waals surface area contributed by atoms with Gasteiger partial charge < -0.3 is 10.0 Å². The summed E-state index contributed by atoms with van der Waals surface area (Å²) in [5.41, 5.74) is 1.55. The van der Waals surface area contributed by atoms with Gasteiger partial charge in [0, 0.05) is 11.8 Å². The van der Waals surface area contributed by atoms with Crippen LogP contribution < -0.4 is 0 Å². The Morgan fingerprint density at radius 2 is 1.66 bits per heavy atom. The number of halogens is 1. The topological polar surface area (TPSA) is 70.5 Å². The number of hydrogen-bond acceptors (Lipinski definition) is 4. The lowest BCUT2D eigenvalue weighted by Gasteiger charge is -2.25. The summed E-state index contributed by atoms with van der Waals surface area (Å²) in [5, 5.41) is 10.9. The Bertz CT molecular complexity index is 1080. The minimum atomic E-state index is -0.781. The van der Waals surface area contributed by atoms with E-state index >= 15 is 0 Å². The van der Waals surface area contributed by atoms with Crippen LogP contribution in [-0.2, 0) is 16.1 Å². The Labute approximate surface area is 166 Å². The quantitative estimate of drug-likeness (QED) is 0.419. The van der Waals surface area contributed by atoms with Crippen molar-refractivity contribution in [3.8, 4) is 0 Å². The van der Waals surface area contributed by atoms with Crippen molar-refractivity contribution in [3.63, 3.8) is 0 Å². The highest BCUT2D eigenvalue weighted by Crippen LogP contribution is 2.40. The van der Waals surface area contributed by atoms with Crippen LogP contribution in [0.3, 0.4) is 0 Å². The highest BCUT2D eigenvalue weighted by molar-refractivity contribution is 6.46. The van der Waals surface area contributed by atoms with Gasteiger partial charge in [0.25, 0.3) is 11.7 Å². The van der Waals surface area contributed by atoms with E-state index < -0.39 is 23.5 Å². The number of rotatable bonds is 4. The molecular formula is C23H17FN2O3. The lowest BCUT2D eigenvalue weighted by molar-refractivity contribution is -0.140. The number of likely N-dealkylation sites (tertiary alicyclic amines) is 1. The van der Waals surface area contributed by atoms with E-state index in [9.17, 15) is 19.1 Å². The third kappa shape index (κ3) is 3.52. The van der Waals surface area contributed by atoms with Crippen molar-refractivity contribution in [2.45, 2.75) is 12.6 Å². The number of aromatic nitrogens is 1. The number of amides is 1. The van der Waals surface area contributed by atoms with Crippen LogP contribution in [0.5, 0.6) is 0 Å². The summed E-state index contributed by atoms with van der Waals surface area (Å²) in [6.45, 7) is 0.116. The summed E-state index contributed by atoms with van der Waals surface area (Å²) >= 11 is 0. The highest BCUT2D eigenvalue weighted by atomic mass is 19.1. The van der Waals surface area contributed by atoms with Crippen molar-refractivity contribution in [1.82, 2.24) is 9.88 Å². The van der Waals surface area contributed by atoms with Crippen LogP contribution in [0, 0.1) is 5.82 Å². The summed E-state index contributed by atoms with van der Waals surface area (Å²) < 4.78 is 13.3. The summed E-state index contributed by atoms with van der Waals surface area (Å²) in [4.78, 5) is 31.3. The number of hydrogen-bond donors (Lipinski definition) is 1. The van der Waals surface area contributed by atoms with Crippen molar-refractivity contribution < 1.29 is 19.1 Å². The molecule has 4 rings (SSSR count). The van der Waals surface area contributed by atoms with Crippen LogP contribution in [0.15, 0.2) is 84.6 Å². The van der Waals surface area contributed by atoms with Crippen LogP contribution in [0.1, 0.15) is 22.9 Å². The summed E-state index contributed by atoms with van der Waals surface area (Å²) in [6.07, 6.45) is 1.61. The van der Waals surface area contributed by atoms with Gasteiger partial charge in [-0.1, -0.05) is 36.4 Å². The highest BCUT2D eigenvalue weighted by Gasteiger charge is 2.46. The Morgan fingerprint density at radius 3 is 2.31 bits per heavy atom. The number of carbonyl (C=O) groups is 2. The second-order valence-corrected chi connectivity index (χ2v) is 6.67. The molecule has 2 aromatic carbocycles. The maximum atomic E-state index is 13.3. The lowest BCUT2D eigenvalue weighted by atomic mass is 9.95. The van der Waals surface area contributed by atoms with Crippen LogP contribution in [0.2, 0.25) is 0 Å². The molecule has 144 valence electrons. The van der Waals surface area contributed by atoms with E-state index in [4.69, 9.17) is 0 Å². The van der Waals surface area contributed by atoms with Gasteiger partial charge in [-0.3, -0.25) is 14.6 Å². The number of pyridine rings is 1. The zero-order valence-corrected chi connectivity index (χ0v) is 15.3. The number of benzene rings is 2. The van der Waals surface area contributed by atoms with Crippen molar-refractivity contribution in [2.24, 2.45) is 0 Å². The van der Waals surface area contributed by atoms with Gasteiger partial charge in [0.15, 0.2) is 0 Å². The normalized spacial score (nSPS) is 18.2. The third-order valence-corrected chi connectivity index (χ3v) is 4.83. The van der Waals surface area contributed by atoms with E-state index in [1.165, 1.54) is 29.2 Å². The van der Waals surface area contributed by atoms with Crippen LogP contribution in [0.4, 0.5) is 4.39 Å². The van der Waals surface area contributed by atoms with Gasteiger partial charge in [-0.2, -0.15) is 0 Å². The summed E-state index contributed by atoms with van der Waals surface area (Å²) in [7, 11) is 0. The maximum Gasteiger partial charge on any atom is 0.296 e. The Morgan fingerprint density at radius 1 is 0.966 bits per heavy atom. The predicted octanol–water partition coefficient (Wildman–Crippen LogP) is 3.84. The molecule has 6 heteroatoms. The second kappa shape index (κ2) is 7.67. The number of Topliss-reactive ketones (excluding diaryl/α,β-unsaturated/α-hetero) is 1. The van der Waals surface area contributed by atoms with E-state index in [1.807, 2.05) is 6.07 Å². The third-order valence-electron chi connectivity index (χ3n) is 4.83. The van der Waals surface area contributed by atoms with Gasteiger partial charge in [-0.15, -0.1) is 0 Å². The molecule has 5 nitrogen and oxygen atoms in total. The fraction of sp³-hybridized carbons (Fsp3) is 0.0870. The molecule has 1 N–H and O–H groups in total. The predicted molar refractivity (Wildman–Crippen MR) is 105 cm³/mol. The zero-order valence-electron chi connectivity index (χ0n) is 15.3. The molecule has 29 heavy (non-hydrogen) atoms. The molecular weight excluding hydrogens is 371 g/mol. The fourth-order valence-corrected chi connectivity index (χ4v) is 3.45. The molecule has 1 saturated heterocycles. The molecule has 1 aliphatic heterocycles. The van der Waals surface area contributed by atoms with Gasteiger partial charge in [-0.05, 0) is 42.0 Å². The first-order chi connectivity index (χ1) is 14.1. The van der Waals surface area contributed by atoms with E-state index in [2.05, 4.69) is 4.98 Å². The van der Waals surface area contributed by atoms with Gasteiger partial charge in [0.1, 0.15) is 11.6 Å². The first-order valence-electron chi connectivity index (χ1n) is 9.05. The van der Waals surface area contributed by atoms with E-state index in [0.29, 0.717) is 11.3 Å². The fourth-order valence-electron chi connectivity index (χ4n) is 3.45. The minimum absolute atomic E-state index is 0.0243. The van der Waals surface area contributed by atoms with Gasteiger partial charge in [0.2, 0.25) is 0 Å². The van der Waals surface area contributed by atoms with Crippen molar-refractivity contribution in [3.05, 3.63) is 107 Å². The molecule has 0 aliphatic carbocycles.